The van der Waals surface area contributed by atoms with Crippen molar-refractivity contribution in [3.05, 3.63) is 24.3 Å². The number of amides is 1. The topological polar surface area (TPSA) is 66.3 Å². The third-order valence-electron chi connectivity index (χ3n) is 6.83. The van der Waals surface area contributed by atoms with Gasteiger partial charge in [0.2, 0.25) is 11.9 Å². The van der Waals surface area contributed by atoms with Gasteiger partial charge in [-0.25, -0.2) is 0 Å². The Kier molecular flexibility index (Phi) is 6.57. The molecule has 1 aromatic carbocycles. The van der Waals surface area contributed by atoms with Crippen molar-refractivity contribution < 1.29 is 4.79 Å². The summed E-state index contributed by atoms with van der Waals surface area (Å²) in [5.41, 5.74) is 2.09. The van der Waals surface area contributed by atoms with Crippen molar-refractivity contribution in [2.75, 3.05) is 47.0 Å². The van der Waals surface area contributed by atoms with Crippen LogP contribution in [0.15, 0.2) is 29.4 Å². The lowest BCUT2D eigenvalue weighted by Gasteiger charge is -2.31. The third kappa shape index (κ3) is 5.05. The second kappa shape index (κ2) is 9.73. The van der Waals surface area contributed by atoms with Crippen LogP contribution in [0.1, 0.15) is 57.9 Å². The lowest BCUT2D eigenvalue weighted by atomic mass is 10.00. The number of hydrogen-bond donors (Lipinski definition) is 1. The molecule has 2 saturated heterocycles. The fourth-order valence-electron chi connectivity index (χ4n) is 4.68. The zero-order valence-electron chi connectivity index (χ0n) is 19.0. The van der Waals surface area contributed by atoms with Gasteiger partial charge in [-0.2, -0.15) is 0 Å². The molecular weight excluding hydrogens is 420 g/mol. The number of piperidine rings is 2. The van der Waals surface area contributed by atoms with Crippen molar-refractivity contribution in [2.45, 2.75) is 63.1 Å². The highest BCUT2D eigenvalue weighted by atomic mass is 32.2. The number of hydrogen-bond acceptors (Lipinski definition) is 6. The molecule has 0 bridgehead atoms. The van der Waals surface area contributed by atoms with Gasteiger partial charge in [-0.05, 0) is 75.1 Å². The van der Waals surface area contributed by atoms with E-state index in [1.807, 2.05) is 12.1 Å². The number of carbonyl (C=O) groups is 1. The van der Waals surface area contributed by atoms with Gasteiger partial charge >= 0.3 is 0 Å². The summed E-state index contributed by atoms with van der Waals surface area (Å²) in [6.07, 6.45) is 8.63. The minimum atomic E-state index is -0.000540. The maximum absolute atomic E-state index is 12.6. The molecule has 2 aliphatic heterocycles. The van der Waals surface area contributed by atoms with Crippen LogP contribution in [0, 0.1) is 5.92 Å². The van der Waals surface area contributed by atoms with Crippen LogP contribution in [-0.4, -0.2) is 52.6 Å². The molecular formula is C24H34N6OS. The van der Waals surface area contributed by atoms with Crippen LogP contribution >= 0.6 is 11.8 Å². The minimum Gasteiger partial charge on any atom is -0.372 e. The second-order valence-corrected chi connectivity index (χ2v) is 10.4. The SMILES string of the molecule is CC1CCN(c2nnc(SCC(=O)Nc3ccc(N4CCCCC4)cc3)n2C2CC2)CC1. The highest BCUT2D eigenvalue weighted by molar-refractivity contribution is 7.99. The van der Waals surface area contributed by atoms with Crippen molar-refractivity contribution in [3.8, 4) is 0 Å². The van der Waals surface area contributed by atoms with Crippen molar-refractivity contribution in [3.63, 3.8) is 0 Å². The fraction of sp³-hybridized carbons (Fsp3) is 0.625. The van der Waals surface area contributed by atoms with E-state index in [1.165, 1.54) is 62.4 Å². The first kappa shape index (κ1) is 21.6. The Labute approximate surface area is 194 Å². The van der Waals surface area contributed by atoms with Gasteiger partial charge in [0.15, 0.2) is 5.16 Å². The summed E-state index contributed by atoms with van der Waals surface area (Å²) in [7, 11) is 0. The quantitative estimate of drug-likeness (QED) is 0.618. The van der Waals surface area contributed by atoms with Crippen LogP contribution in [0.3, 0.4) is 0 Å². The van der Waals surface area contributed by atoms with Gasteiger partial charge in [-0.1, -0.05) is 18.7 Å². The van der Waals surface area contributed by atoms with Crippen LogP contribution < -0.4 is 15.1 Å². The molecule has 3 aliphatic rings. The number of nitrogens with one attached hydrogen (secondary N) is 1. The van der Waals surface area contributed by atoms with E-state index in [1.54, 1.807) is 0 Å². The first-order chi connectivity index (χ1) is 15.7. The lowest BCUT2D eigenvalue weighted by Crippen LogP contribution is -2.34. The average molecular weight is 455 g/mol. The molecule has 172 valence electrons. The van der Waals surface area contributed by atoms with Crippen LogP contribution in [0.5, 0.6) is 0 Å². The Morgan fingerprint density at radius 3 is 2.38 bits per heavy atom. The standard InChI is InChI=1S/C24H34N6OS/c1-18-11-15-29(16-12-18)23-26-27-24(30(23)21-9-10-21)32-17-22(31)25-19-5-7-20(8-6-19)28-13-3-2-4-14-28/h5-8,18,21H,2-4,9-17H2,1H3,(H,25,31). The van der Waals surface area contributed by atoms with E-state index in [0.717, 1.165) is 48.9 Å². The summed E-state index contributed by atoms with van der Waals surface area (Å²) in [5, 5.41) is 12.9. The minimum absolute atomic E-state index is 0.000540. The van der Waals surface area contributed by atoms with E-state index in [2.05, 4.69) is 48.9 Å². The molecule has 1 aliphatic carbocycles. The van der Waals surface area contributed by atoms with Crippen molar-refractivity contribution in [1.29, 1.82) is 0 Å². The molecule has 1 N–H and O–H groups in total. The predicted octanol–water partition coefficient (Wildman–Crippen LogP) is 4.57. The number of rotatable bonds is 7. The Balaban J connectivity index is 1.17. The van der Waals surface area contributed by atoms with E-state index in [4.69, 9.17) is 0 Å². The van der Waals surface area contributed by atoms with Gasteiger partial charge in [0, 0.05) is 43.6 Å². The molecule has 1 saturated carbocycles. The highest BCUT2D eigenvalue weighted by Gasteiger charge is 2.32. The van der Waals surface area contributed by atoms with Crippen LogP contribution in [0.4, 0.5) is 17.3 Å². The summed E-state index contributed by atoms with van der Waals surface area (Å²) < 4.78 is 2.28. The van der Waals surface area contributed by atoms with Gasteiger partial charge in [0.05, 0.1) is 5.75 Å². The van der Waals surface area contributed by atoms with E-state index in [-0.39, 0.29) is 5.91 Å². The van der Waals surface area contributed by atoms with Gasteiger partial charge < -0.3 is 15.1 Å². The first-order valence-corrected chi connectivity index (χ1v) is 13.1. The number of carbonyl (C=O) groups excluding carboxylic acids is 1. The smallest absolute Gasteiger partial charge is 0.234 e. The van der Waals surface area contributed by atoms with E-state index in [9.17, 15) is 4.79 Å². The van der Waals surface area contributed by atoms with E-state index in [0.29, 0.717) is 11.8 Å². The average Bonchev–Trinajstić information content (AvgIpc) is 3.58. The Morgan fingerprint density at radius 2 is 1.69 bits per heavy atom. The molecule has 0 unspecified atom stereocenters. The van der Waals surface area contributed by atoms with Crippen LogP contribution in [0.25, 0.3) is 0 Å². The molecule has 7 nitrogen and oxygen atoms in total. The molecule has 2 aromatic rings. The van der Waals surface area contributed by atoms with Crippen molar-refractivity contribution >= 4 is 35.0 Å². The summed E-state index contributed by atoms with van der Waals surface area (Å²) in [5.74, 6) is 2.13. The molecule has 1 aromatic heterocycles. The summed E-state index contributed by atoms with van der Waals surface area (Å²) in [6, 6.07) is 8.74. The number of nitrogens with zero attached hydrogens (tertiary/aromatic N) is 5. The Bertz CT molecular complexity index is 911. The fourth-order valence-corrected chi connectivity index (χ4v) is 5.48. The normalized spacial score (nSPS) is 19.9. The molecule has 8 heteroatoms. The molecule has 5 rings (SSSR count). The highest BCUT2D eigenvalue weighted by Crippen LogP contribution is 2.41. The second-order valence-electron chi connectivity index (χ2n) is 9.48. The van der Waals surface area contributed by atoms with Gasteiger partial charge in [-0.3, -0.25) is 9.36 Å². The van der Waals surface area contributed by atoms with Gasteiger partial charge in [-0.15, -0.1) is 10.2 Å². The zero-order chi connectivity index (χ0) is 21.9. The predicted molar refractivity (Wildman–Crippen MR) is 131 cm³/mol. The molecule has 0 radical (unpaired) electrons. The zero-order valence-corrected chi connectivity index (χ0v) is 19.8. The summed E-state index contributed by atoms with van der Waals surface area (Å²) >= 11 is 1.50. The summed E-state index contributed by atoms with van der Waals surface area (Å²) in [4.78, 5) is 17.4. The Hall–Kier alpha value is -2.22. The van der Waals surface area contributed by atoms with Crippen molar-refractivity contribution in [2.24, 2.45) is 5.92 Å². The van der Waals surface area contributed by atoms with Gasteiger partial charge in [0.25, 0.3) is 0 Å². The Morgan fingerprint density at radius 1 is 0.969 bits per heavy atom. The lowest BCUT2D eigenvalue weighted by molar-refractivity contribution is -0.113. The number of anilines is 3. The summed E-state index contributed by atoms with van der Waals surface area (Å²) in [6.45, 7) is 6.67. The molecule has 3 heterocycles. The molecule has 1 amide bonds. The van der Waals surface area contributed by atoms with Gasteiger partial charge in [0.1, 0.15) is 0 Å². The number of benzene rings is 1. The first-order valence-electron chi connectivity index (χ1n) is 12.1. The maximum atomic E-state index is 12.6. The third-order valence-corrected chi connectivity index (χ3v) is 7.77. The monoisotopic (exact) mass is 454 g/mol. The van der Waals surface area contributed by atoms with Crippen LogP contribution in [0.2, 0.25) is 0 Å². The van der Waals surface area contributed by atoms with Crippen molar-refractivity contribution in [1.82, 2.24) is 14.8 Å². The van der Waals surface area contributed by atoms with E-state index < -0.39 is 0 Å². The number of thioether (sulfide) groups is 1. The molecule has 32 heavy (non-hydrogen) atoms. The maximum Gasteiger partial charge on any atom is 0.234 e. The molecule has 0 spiro atoms. The largest absolute Gasteiger partial charge is 0.372 e. The molecule has 0 atom stereocenters. The number of aromatic nitrogens is 3. The molecule has 3 fully saturated rings. The van der Waals surface area contributed by atoms with Crippen LogP contribution in [-0.2, 0) is 4.79 Å². The van der Waals surface area contributed by atoms with E-state index >= 15 is 0 Å².